The van der Waals surface area contributed by atoms with Crippen LogP contribution in [0, 0.1) is 0 Å². The number of nitrogens with zero attached hydrogens (tertiary/aromatic N) is 3. The molecule has 0 bridgehead atoms. The molecule has 27 heavy (non-hydrogen) atoms. The molecule has 0 N–H and O–H groups in total. The van der Waals surface area contributed by atoms with E-state index in [1.165, 1.54) is 32.3 Å². The monoisotopic (exact) mass is 347 g/mol. The van der Waals surface area contributed by atoms with Crippen molar-refractivity contribution in [3.05, 3.63) is 104 Å². The van der Waals surface area contributed by atoms with Crippen LogP contribution < -0.4 is 5.12 Å². The lowest BCUT2D eigenvalue weighted by Crippen LogP contribution is -2.33. The van der Waals surface area contributed by atoms with Crippen molar-refractivity contribution in [1.82, 2.24) is 9.35 Å². The van der Waals surface area contributed by atoms with Crippen LogP contribution in [0.4, 0.5) is 5.69 Å². The highest BCUT2D eigenvalue weighted by atomic mass is 15.8. The van der Waals surface area contributed by atoms with Crippen LogP contribution in [-0.2, 0) is 0 Å². The number of aromatic nitrogens is 2. The summed E-state index contributed by atoms with van der Waals surface area (Å²) >= 11 is 0. The van der Waals surface area contributed by atoms with Crippen LogP contribution in [0.1, 0.15) is 0 Å². The average Bonchev–Trinajstić information content (AvgIpc) is 3.42. The highest BCUT2D eigenvalue weighted by Gasteiger charge is 2.16. The van der Waals surface area contributed by atoms with Crippen LogP contribution in [0.25, 0.3) is 32.3 Å². The van der Waals surface area contributed by atoms with Gasteiger partial charge in [0.15, 0.2) is 0 Å². The van der Waals surface area contributed by atoms with Gasteiger partial charge >= 0.3 is 0 Å². The van der Waals surface area contributed by atoms with Crippen molar-refractivity contribution in [3.63, 3.8) is 0 Å². The standard InChI is InChI=1S/C24H17N3/c1-2-15-25(14-1)27(26-16-3-4-17-26)22-13-11-20-9-8-18-6-5-7-19-10-12-21(22)24(20)23(18)19/h1-17H. The van der Waals surface area contributed by atoms with Crippen molar-refractivity contribution >= 4 is 38.0 Å². The molecule has 6 aromatic rings. The van der Waals surface area contributed by atoms with Crippen LogP contribution in [-0.4, -0.2) is 9.35 Å². The number of rotatable bonds is 3. The quantitative estimate of drug-likeness (QED) is 0.362. The molecule has 0 amide bonds. The van der Waals surface area contributed by atoms with Crippen LogP contribution >= 0.6 is 0 Å². The molecule has 4 aromatic carbocycles. The Bertz CT molecular complexity index is 1310. The lowest BCUT2D eigenvalue weighted by atomic mass is 9.93. The minimum Gasteiger partial charge on any atom is -0.249 e. The molecule has 0 atom stereocenters. The molecule has 0 saturated heterocycles. The second-order valence-electron chi connectivity index (χ2n) is 6.86. The molecular formula is C24H17N3. The number of benzene rings is 4. The van der Waals surface area contributed by atoms with Gasteiger partial charge in [-0.2, -0.15) is 5.12 Å². The largest absolute Gasteiger partial charge is 0.249 e. The lowest BCUT2D eigenvalue weighted by molar-refractivity contribution is 0.612. The van der Waals surface area contributed by atoms with E-state index in [0.29, 0.717) is 0 Å². The fourth-order valence-electron chi connectivity index (χ4n) is 4.17. The molecule has 0 radical (unpaired) electrons. The topological polar surface area (TPSA) is 13.1 Å². The van der Waals surface area contributed by atoms with E-state index in [1.54, 1.807) is 0 Å². The Balaban J connectivity index is 1.74. The summed E-state index contributed by atoms with van der Waals surface area (Å²) in [6.45, 7) is 0. The second kappa shape index (κ2) is 5.39. The molecule has 0 unspecified atom stereocenters. The molecule has 0 saturated carbocycles. The first-order valence-corrected chi connectivity index (χ1v) is 9.13. The van der Waals surface area contributed by atoms with Gasteiger partial charge in [0.2, 0.25) is 0 Å². The van der Waals surface area contributed by atoms with Crippen LogP contribution in [0.15, 0.2) is 104 Å². The van der Waals surface area contributed by atoms with Crippen LogP contribution in [0.2, 0.25) is 0 Å². The van der Waals surface area contributed by atoms with Crippen molar-refractivity contribution in [1.29, 1.82) is 0 Å². The van der Waals surface area contributed by atoms with Crippen molar-refractivity contribution < 1.29 is 0 Å². The number of anilines is 1. The molecule has 0 aliphatic carbocycles. The molecule has 0 fully saturated rings. The van der Waals surface area contributed by atoms with Gasteiger partial charge in [0.1, 0.15) is 0 Å². The fourth-order valence-corrected chi connectivity index (χ4v) is 4.17. The Morgan fingerprint density at radius 2 is 1.00 bits per heavy atom. The van der Waals surface area contributed by atoms with E-state index in [1.807, 2.05) is 24.3 Å². The summed E-state index contributed by atoms with van der Waals surface area (Å²) in [5, 5.41) is 9.96. The summed E-state index contributed by atoms with van der Waals surface area (Å²) < 4.78 is 4.21. The summed E-state index contributed by atoms with van der Waals surface area (Å²) in [5.41, 5.74) is 1.15. The maximum atomic E-state index is 2.25. The van der Waals surface area contributed by atoms with E-state index in [0.717, 1.165) is 5.69 Å². The molecule has 128 valence electrons. The first kappa shape index (κ1) is 14.4. The van der Waals surface area contributed by atoms with Crippen molar-refractivity contribution in [2.45, 2.75) is 0 Å². The predicted octanol–water partition coefficient (Wildman–Crippen LogP) is 5.92. The van der Waals surface area contributed by atoms with E-state index >= 15 is 0 Å². The van der Waals surface area contributed by atoms with Gasteiger partial charge < -0.3 is 0 Å². The molecule has 0 aliphatic heterocycles. The second-order valence-corrected chi connectivity index (χ2v) is 6.86. The van der Waals surface area contributed by atoms with Gasteiger partial charge in [0.05, 0.1) is 5.69 Å². The van der Waals surface area contributed by atoms with E-state index in [4.69, 9.17) is 0 Å². The Labute approximate surface area is 156 Å². The van der Waals surface area contributed by atoms with E-state index < -0.39 is 0 Å². The SMILES string of the molecule is c1cc2ccc3ccc(N(n4cccc4)n4cccc4)c4ccc(c1)c2c34. The normalized spacial score (nSPS) is 11.7. The summed E-state index contributed by atoms with van der Waals surface area (Å²) in [7, 11) is 0. The third-order valence-electron chi connectivity index (χ3n) is 5.34. The summed E-state index contributed by atoms with van der Waals surface area (Å²) in [6, 6.07) is 28.1. The maximum Gasteiger partial charge on any atom is 0.0902 e. The highest BCUT2D eigenvalue weighted by molar-refractivity contribution is 6.25. The Morgan fingerprint density at radius 3 is 1.63 bits per heavy atom. The van der Waals surface area contributed by atoms with Crippen molar-refractivity contribution in [2.24, 2.45) is 0 Å². The third-order valence-corrected chi connectivity index (χ3v) is 5.34. The number of hydrogen-bond donors (Lipinski definition) is 0. The van der Waals surface area contributed by atoms with Gasteiger partial charge in [-0.1, -0.05) is 48.5 Å². The van der Waals surface area contributed by atoms with Crippen LogP contribution in [0.5, 0.6) is 0 Å². The van der Waals surface area contributed by atoms with Gasteiger partial charge in [-0.05, 0) is 57.3 Å². The minimum absolute atomic E-state index is 1.15. The van der Waals surface area contributed by atoms with E-state index in [-0.39, 0.29) is 0 Å². The van der Waals surface area contributed by atoms with Crippen molar-refractivity contribution in [2.75, 3.05) is 5.12 Å². The van der Waals surface area contributed by atoms with E-state index in [2.05, 4.69) is 93.9 Å². The van der Waals surface area contributed by atoms with Crippen molar-refractivity contribution in [3.8, 4) is 0 Å². The zero-order valence-corrected chi connectivity index (χ0v) is 14.7. The fraction of sp³-hybridized carbons (Fsp3) is 0. The van der Waals surface area contributed by atoms with Gasteiger partial charge in [0, 0.05) is 30.2 Å². The van der Waals surface area contributed by atoms with Gasteiger partial charge in [-0.25, -0.2) is 9.35 Å². The Kier molecular flexibility index (Phi) is 2.88. The first-order chi connectivity index (χ1) is 13.4. The molecule has 3 heteroatoms. The average molecular weight is 347 g/mol. The Morgan fingerprint density at radius 1 is 0.481 bits per heavy atom. The van der Waals surface area contributed by atoms with Gasteiger partial charge in [0.25, 0.3) is 0 Å². The van der Waals surface area contributed by atoms with Gasteiger partial charge in [-0.15, -0.1) is 0 Å². The molecule has 0 spiro atoms. The lowest BCUT2D eigenvalue weighted by Gasteiger charge is -2.28. The third kappa shape index (κ3) is 2.02. The summed E-state index contributed by atoms with van der Waals surface area (Å²) in [6.07, 6.45) is 8.27. The molecule has 2 aromatic heterocycles. The summed E-state index contributed by atoms with van der Waals surface area (Å²) in [5.74, 6) is 0. The minimum atomic E-state index is 1.15. The molecular weight excluding hydrogens is 330 g/mol. The Hall–Kier alpha value is -3.72. The van der Waals surface area contributed by atoms with Crippen LogP contribution in [0.3, 0.4) is 0 Å². The maximum absolute atomic E-state index is 2.25. The zero-order valence-electron chi connectivity index (χ0n) is 14.7. The summed E-state index contributed by atoms with van der Waals surface area (Å²) in [4.78, 5) is 0. The highest BCUT2D eigenvalue weighted by Crippen LogP contribution is 2.39. The van der Waals surface area contributed by atoms with Gasteiger partial charge in [-0.3, -0.25) is 0 Å². The number of hydrogen-bond acceptors (Lipinski definition) is 1. The molecule has 0 aliphatic rings. The smallest absolute Gasteiger partial charge is 0.0902 e. The predicted molar refractivity (Wildman–Crippen MR) is 112 cm³/mol. The molecule has 6 rings (SSSR count). The first-order valence-electron chi connectivity index (χ1n) is 9.13. The molecule has 2 heterocycles. The van der Waals surface area contributed by atoms with E-state index in [9.17, 15) is 0 Å². The molecule has 3 nitrogen and oxygen atoms in total. The zero-order chi connectivity index (χ0) is 17.8.